The van der Waals surface area contributed by atoms with Gasteiger partial charge in [0.2, 0.25) is 0 Å². The van der Waals surface area contributed by atoms with Crippen molar-refractivity contribution in [3.63, 3.8) is 0 Å². The molecular weight excluding hydrogens is 258 g/mol. The summed E-state index contributed by atoms with van der Waals surface area (Å²) in [6.07, 6.45) is 2.54. The van der Waals surface area contributed by atoms with Crippen molar-refractivity contribution in [1.29, 1.82) is 0 Å². The van der Waals surface area contributed by atoms with Crippen LogP contribution in [-0.2, 0) is 6.42 Å². The molecule has 0 unspecified atom stereocenters. The van der Waals surface area contributed by atoms with E-state index in [2.05, 4.69) is 5.32 Å². The van der Waals surface area contributed by atoms with E-state index in [4.69, 9.17) is 4.42 Å². The fraction of sp³-hybridized carbons (Fsp3) is 0.133. The highest BCUT2D eigenvalue weighted by atomic mass is 32.1. The van der Waals surface area contributed by atoms with Gasteiger partial charge >= 0.3 is 0 Å². The predicted octanol–water partition coefficient (Wildman–Crippen LogP) is 3.47. The molecule has 0 fully saturated rings. The summed E-state index contributed by atoms with van der Waals surface area (Å²) in [4.78, 5) is 12.5. The second kappa shape index (κ2) is 5.28. The van der Waals surface area contributed by atoms with Gasteiger partial charge in [0, 0.05) is 11.9 Å². The Bertz CT molecular complexity index is 685. The topological polar surface area (TPSA) is 42.2 Å². The highest BCUT2D eigenvalue weighted by molar-refractivity contribution is 7.12. The van der Waals surface area contributed by atoms with Crippen molar-refractivity contribution in [2.24, 2.45) is 0 Å². The van der Waals surface area contributed by atoms with E-state index in [-0.39, 0.29) is 5.91 Å². The quantitative estimate of drug-likeness (QED) is 0.789. The number of hydrogen-bond acceptors (Lipinski definition) is 3. The number of thiophene rings is 1. The van der Waals surface area contributed by atoms with Crippen LogP contribution in [0.4, 0.5) is 0 Å². The molecule has 0 saturated heterocycles. The van der Waals surface area contributed by atoms with Gasteiger partial charge in [0.25, 0.3) is 5.91 Å². The van der Waals surface area contributed by atoms with E-state index in [1.165, 1.54) is 11.3 Å². The Labute approximate surface area is 114 Å². The zero-order chi connectivity index (χ0) is 13.1. The van der Waals surface area contributed by atoms with Gasteiger partial charge < -0.3 is 9.73 Å². The number of amides is 1. The summed E-state index contributed by atoms with van der Waals surface area (Å²) in [5.74, 6) is -0.0113. The van der Waals surface area contributed by atoms with Crippen LogP contribution in [0.15, 0.2) is 52.5 Å². The largest absolute Gasteiger partial charge is 0.464 e. The van der Waals surface area contributed by atoms with Gasteiger partial charge in [-0.2, -0.15) is 0 Å². The molecule has 2 aromatic heterocycles. The lowest BCUT2D eigenvalue weighted by Crippen LogP contribution is -2.24. The highest BCUT2D eigenvalue weighted by Crippen LogP contribution is 2.20. The van der Waals surface area contributed by atoms with E-state index in [9.17, 15) is 4.79 Å². The molecule has 0 aliphatic carbocycles. The molecule has 0 saturated carbocycles. The number of nitrogens with one attached hydrogen (secondary N) is 1. The van der Waals surface area contributed by atoms with Crippen LogP contribution in [0.25, 0.3) is 11.0 Å². The van der Waals surface area contributed by atoms with Crippen molar-refractivity contribution in [3.05, 3.63) is 58.5 Å². The number of benzene rings is 1. The lowest BCUT2D eigenvalue weighted by atomic mass is 10.1. The van der Waals surface area contributed by atoms with E-state index >= 15 is 0 Å². The fourth-order valence-corrected chi connectivity index (χ4v) is 2.67. The lowest BCUT2D eigenvalue weighted by Gasteiger charge is -2.02. The van der Waals surface area contributed by atoms with E-state index < -0.39 is 0 Å². The van der Waals surface area contributed by atoms with Crippen LogP contribution >= 0.6 is 11.3 Å². The Hall–Kier alpha value is -2.07. The standard InChI is InChI=1S/C15H13NO2S/c17-15(14-6-3-9-19-14)16-8-7-11-10-18-13-5-2-1-4-12(11)13/h1-6,9-10H,7-8H2,(H,16,17). The molecule has 0 spiro atoms. The zero-order valence-corrected chi connectivity index (χ0v) is 11.1. The van der Waals surface area contributed by atoms with Crippen LogP contribution in [0.2, 0.25) is 0 Å². The summed E-state index contributed by atoms with van der Waals surface area (Å²) in [5, 5.41) is 5.94. The fourth-order valence-electron chi connectivity index (χ4n) is 2.03. The smallest absolute Gasteiger partial charge is 0.261 e. The molecule has 3 aromatic rings. The highest BCUT2D eigenvalue weighted by Gasteiger charge is 2.07. The number of hydrogen-bond donors (Lipinski definition) is 1. The van der Waals surface area contributed by atoms with Crippen molar-refractivity contribution in [3.8, 4) is 0 Å². The predicted molar refractivity (Wildman–Crippen MR) is 76.6 cm³/mol. The zero-order valence-electron chi connectivity index (χ0n) is 10.3. The molecule has 0 bridgehead atoms. The van der Waals surface area contributed by atoms with Gasteiger partial charge in [0.1, 0.15) is 5.58 Å². The van der Waals surface area contributed by atoms with Crippen LogP contribution in [0.5, 0.6) is 0 Å². The number of carbonyl (C=O) groups excluding carboxylic acids is 1. The average molecular weight is 271 g/mol. The first-order valence-corrected chi connectivity index (χ1v) is 6.99. The minimum atomic E-state index is -0.0113. The summed E-state index contributed by atoms with van der Waals surface area (Å²) >= 11 is 1.45. The van der Waals surface area contributed by atoms with Gasteiger partial charge in [-0.05, 0) is 29.5 Å². The Balaban J connectivity index is 1.62. The first kappa shape index (κ1) is 12.0. The van der Waals surface area contributed by atoms with Crippen LogP contribution in [0.3, 0.4) is 0 Å². The van der Waals surface area contributed by atoms with E-state index in [0.29, 0.717) is 6.54 Å². The maximum Gasteiger partial charge on any atom is 0.261 e. The van der Waals surface area contributed by atoms with E-state index in [0.717, 1.165) is 27.8 Å². The van der Waals surface area contributed by atoms with Crippen molar-refractivity contribution in [2.75, 3.05) is 6.54 Å². The molecule has 96 valence electrons. The van der Waals surface area contributed by atoms with Gasteiger partial charge in [-0.25, -0.2) is 0 Å². The molecule has 1 amide bonds. The van der Waals surface area contributed by atoms with Crippen molar-refractivity contribution in [1.82, 2.24) is 5.32 Å². The molecule has 0 radical (unpaired) electrons. The average Bonchev–Trinajstić information content (AvgIpc) is 3.08. The van der Waals surface area contributed by atoms with Crippen molar-refractivity contribution in [2.45, 2.75) is 6.42 Å². The second-order valence-electron chi connectivity index (χ2n) is 4.24. The first-order chi connectivity index (χ1) is 9.34. The Morgan fingerprint density at radius 1 is 1.21 bits per heavy atom. The summed E-state index contributed by atoms with van der Waals surface area (Å²) in [5.41, 5.74) is 2.02. The number of para-hydroxylation sites is 1. The van der Waals surface area contributed by atoms with Gasteiger partial charge in [-0.15, -0.1) is 11.3 Å². The summed E-state index contributed by atoms with van der Waals surface area (Å²) in [7, 11) is 0. The molecule has 19 heavy (non-hydrogen) atoms. The number of rotatable bonds is 4. The molecule has 1 N–H and O–H groups in total. The summed E-state index contributed by atoms with van der Waals surface area (Å²) in [6, 6.07) is 11.6. The van der Waals surface area contributed by atoms with Crippen LogP contribution in [-0.4, -0.2) is 12.5 Å². The maximum atomic E-state index is 11.8. The number of carbonyl (C=O) groups is 1. The lowest BCUT2D eigenvalue weighted by molar-refractivity contribution is 0.0958. The van der Waals surface area contributed by atoms with Gasteiger partial charge in [0.15, 0.2) is 0 Å². The Kier molecular flexibility index (Phi) is 3.33. The van der Waals surface area contributed by atoms with Gasteiger partial charge in [-0.1, -0.05) is 24.3 Å². The third-order valence-electron chi connectivity index (χ3n) is 2.99. The summed E-state index contributed by atoms with van der Waals surface area (Å²) < 4.78 is 5.47. The third kappa shape index (κ3) is 2.53. The van der Waals surface area contributed by atoms with E-state index in [1.54, 1.807) is 6.26 Å². The molecule has 2 heterocycles. The van der Waals surface area contributed by atoms with Crippen LogP contribution in [0.1, 0.15) is 15.2 Å². The maximum absolute atomic E-state index is 11.8. The SMILES string of the molecule is O=C(NCCc1coc2ccccc12)c1cccs1. The van der Waals surface area contributed by atoms with Crippen molar-refractivity contribution < 1.29 is 9.21 Å². The van der Waals surface area contributed by atoms with Crippen LogP contribution in [0, 0.1) is 0 Å². The Morgan fingerprint density at radius 2 is 2.11 bits per heavy atom. The van der Waals surface area contributed by atoms with Gasteiger partial charge in [0.05, 0.1) is 11.1 Å². The molecule has 0 aliphatic heterocycles. The number of furan rings is 1. The van der Waals surface area contributed by atoms with E-state index in [1.807, 2.05) is 41.8 Å². The molecule has 4 heteroatoms. The Morgan fingerprint density at radius 3 is 2.95 bits per heavy atom. The molecular formula is C15H13NO2S. The minimum absolute atomic E-state index is 0.0113. The molecule has 1 aromatic carbocycles. The molecule has 0 aliphatic rings. The van der Waals surface area contributed by atoms with Crippen molar-refractivity contribution >= 4 is 28.2 Å². The molecule has 3 nitrogen and oxygen atoms in total. The van der Waals surface area contributed by atoms with Gasteiger partial charge in [-0.3, -0.25) is 4.79 Å². The minimum Gasteiger partial charge on any atom is -0.464 e. The van der Waals surface area contributed by atoms with Crippen LogP contribution < -0.4 is 5.32 Å². The normalized spacial score (nSPS) is 10.7. The summed E-state index contributed by atoms with van der Waals surface area (Å²) in [6.45, 7) is 0.611. The molecule has 0 atom stereocenters. The third-order valence-corrected chi connectivity index (χ3v) is 3.85. The second-order valence-corrected chi connectivity index (χ2v) is 5.19. The molecule has 3 rings (SSSR count). The first-order valence-electron chi connectivity index (χ1n) is 6.11. The monoisotopic (exact) mass is 271 g/mol. The number of fused-ring (bicyclic) bond motifs is 1.